The van der Waals surface area contributed by atoms with Gasteiger partial charge in [-0.15, -0.1) is 4.68 Å². The lowest BCUT2D eigenvalue weighted by Crippen LogP contribution is -2.32. The van der Waals surface area contributed by atoms with Gasteiger partial charge in [0.25, 0.3) is 5.56 Å². The highest BCUT2D eigenvalue weighted by Gasteiger charge is 2.13. The van der Waals surface area contributed by atoms with E-state index in [4.69, 9.17) is 16.3 Å². The van der Waals surface area contributed by atoms with Crippen molar-refractivity contribution in [1.82, 2.24) is 9.66 Å². The van der Waals surface area contributed by atoms with E-state index in [0.717, 1.165) is 11.1 Å². The largest absolute Gasteiger partial charge is 0.489 e. The first-order valence-corrected chi connectivity index (χ1v) is 9.52. The summed E-state index contributed by atoms with van der Waals surface area (Å²) in [5.41, 5.74) is -0.115. The van der Waals surface area contributed by atoms with Crippen LogP contribution in [-0.4, -0.2) is 22.0 Å². The first-order chi connectivity index (χ1) is 12.9. The number of benzene rings is 2. The topological polar surface area (TPSA) is 76.5 Å². The monoisotopic (exact) mass is 449 g/mol. The van der Waals surface area contributed by atoms with Gasteiger partial charge in [-0.25, -0.2) is 4.79 Å². The summed E-state index contributed by atoms with van der Waals surface area (Å²) < 4.78 is 7.37. The summed E-state index contributed by atoms with van der Waals surface area (Å²) in [6.07, 6.45) is 2.18. The summed E-state index contributed by atoms with van der Waals surface area (Å²) in [5, 5.41) is 4.92. The van der Waals surface area contributed by atoms with E-state index in [1.54, 1.807) is 36.4 Å². The van der Waals surface area contributed by atoms with Crippen LogP contribution in [0.5, 0.6) is 5.75 Å². The van der Waals surface area contributed by atoms with Crippen LogP contribution >= 0.6 is 27.5 Å². The lowest BCUT2D eigenvalue weighted by atomic mass is 10.2. The second kappa shape index (κ2) is 8.10. The molecule has 3 rings (SSSR count). The smallest absolute Gasteiger partial charge is 0.349 e. The van der Waals surface area contributed by atoms with Gasteiger partial charge in [0.1, 0.15) is 5.75 Å². The Balaban J connectivity index is 2.10. The molecule has 0 aliphatic heterocycles. The van der Waals surface area contributed by atoms with Gasteiger partial charge in [-0.3, -0.25) is 4.79 Å². The maximum absolute atomic E-state index is 12.6. The van der Waals surface area contributed by atoms with Gasteiger partial charge in [0.15, 0.2) is 0 Å². The van der Waals surface area contributed by atoms with E-state index < -0.39 is 11.2 Å². The standard InChI is InChI=1S/C19H17BrClN3O3/c1-3-11(2)27-17-12(8-13(21)9-15(17)20)10-22-24-18(25)14-6-4-5-7-16(14)23-19(24)26/h4-11H,3H2,1-2H3,(H,23,26)/t11-/m1/s1. The zero-order valence-electron chi connectivity index (χ0n) is 14.7. The number of aromatic amines is 1. The number of hydrogen-bond donors (Lipinski definition) is 1. The van der Waals surface area contributed by atoms with Crippen molar-refractivity contribution in [2.75, 3.05) is 0 Å². The van der Waals surface area contributed by atoms with Crippen LogP contribution in [0.3, 0.4) is 0 Å². The second-order valence-corrected chi connectivity index (χ2v) is 7.27. The zero-order chi connectivity index (χ0) is 19.6. The Morgan fingerprint density at radius 2 is 2.07 bits per heavy atom. The highest BCUT2D eigenvalue weighted by molar-refractivity contribution is 9.10. The van der Waals surface area contributed by atoms with Gasteiger partial charge in [0.05, 0.1) is 27.7 Å². The summed E-state index contributed by atoms with van der Waals surface area (Å²) in [4.78, 5) is 27.5. The molecule has 6 nitrogen and oxygen atoms in total. The highest BCUT2D eigenvalue weighted by Crippen LogP contribution is 2.33. The lowest BCUT2D eigenvalue weighted by Gasteiger charge is -2.16. The number of H-pyrrole nitrogens is 1. The summed E-state index contributed by atoms with van der Waals surface area (Å²) in [6.45, 7) is 3.96. The molecule has 0 bridgehead atoms. The Labute approximate surface area is 168 Å². The summed E-state index contributed by atoms with van der Waals surface area (Å²) >= 11 is 9.57. The molecule has 0 unspecified atom stereocenters. The first kappa shape index (κ1) is 19.4. The molecule has 0 radical (unpaired) electrons. The Morgan fingerprint density at radius 1 is 1.33 bits per heavy atom. The van der Waals surface area contributed by atoms with Gasteiger partial charge in [-0.05, 0) is 53.5 Å². The van der Waals surface area contributed by atoms with Crippen LogP contribution in [0.1, 0.15) is 25.8 Å². The molecule has 1 aromatic heterocycles. The molecule has 1 N–H and O–H groups in total. The Hall–Kier alpha value is -2.38. The van der Waals surface area contributed by atoms with Crippen molar-refractivity contribution in [3.63, 3.8) is 0 Å². The molecule has 0 aliphatic carbocycles. The van der Waals surface area contributed by atoms with E-state index in [1.165, 1.54) is 6.21 Å². The first-order valence-electron chi connectivity index (χ1n) is 8.34. The minimum absolute atomic E-state index is 0.0265. The zero-order valence-corrected chi connectivity index (χ0v) is 17.0. The van der Waals surface area contributed by atoms with Gasteiger partial charge < -0.3 is 9.72 Å². The van der Waals surface area contributed by atoms with Crippen molar-refractivity contribution in [2.24, 2.45) is 5.10 Å². The SMILES string of the molecule is CC[C@@H](C)Oc1c(Br)cc(Cl)cc1C=Nn1c(=O)[nH]c2ccccc2c1=O. The van der Waals surface area contributed by atoms with Crippen LogP contribution in [0.15, 0.2) is 55.6 Å². The fourth-order valence-electron chi connectivity index (χ4n) is 2.46. The molecule has 3 aromatic rings. The minimum Gasteiger partial charge on any atom is -0.489 e. The molecule has 1 atom stereocenters. The van der Waals surface area contributed by atoms with Crippen molar-refractivity contribution < 1.29 is 4.74 Å². The van der Waals surface area contributed by atoms with Gasteiger partial charge >= 0.3 is 5.69 Å². The van der Waals surface area contributed by atoms with Gasteiger partial charge in [-0.2, -0.15) is 5.10 Å². The predicted molar refractivity (Wildman–Crippen MR) is 111 cm³/mol. The number of para-hydroxylation sites is 1. The number of hydrogen-bond acceptors (Lipinski definition) is 4. The molecule has 0 fully saturated rings. The third-order valence-corrected chi connectivity index (χ3v) is 4.83. The number of ether oxygens (including phenoxy) is 1. The fourth-order valence-corrected chi connectivity index (χ4v) is 3.39. The number of nitrogens with zero attached hydrogens (tertiary/aromatic N) is 2. The molecular weight excluding hydrogens is 434 g/mol. The maximum Gasteiger partial charge on any atom is 0.349 e. The second-order valence-electron chi connectivity index (χ2n) is 5.98. The van der Waals surface area contributed by atoms with Crippen LogP contribution in [-0.2, 0) is 0 Å². The van der Waals surface area contributed by atoms with Crippen LogP contribution in [0, 0.1) is 0 Å². The van der Waals surface area contributed by atoms with E-state index in [1.807, 2.05) is 13.8 Å². The average Bonchev–Trinajstić information content (AvgIpc) is 2.63. The molecule has 1 heterocycles. The number of nitrogens with one attached hydrogen (secondary N) is 1. The van der Waals surface area contributed by atoms with Crippen molar-refractivity contribution >= 4 is 44.6 Å². The molecule has 8 heteroatoms. The molecule has 2 aromatic carbocycles. The third-order valence-electron chi connectivity index (χ3n) is 4.03. The van der Waals surface area contributed by atoms with Gasteiger partial charge in [0, 0.05) is 10.6 Å². The molecule has 0 saturated heterocycles. The van der Waals surface area contributed by atoms with Crippen LogP contribution in [0.25, 0.3) is 10.9 Å². The molecule has 27 heavy (non-hydrogen) atoms. The molecular formula is C19H17BrClN3O3. The fraction of sp³-hybridized carbons (Fsp3) is 0.211. The van der Waals surface area contributed by atoms with Crippen molar-refractivity contribution in [3.8, 4) is 5.75 Å². The van der Waals surface area contributed by atoms with E-state index in [2.05, 4.69) is 26.0 Å². The number of aromatic nitrogens is 2. The van der Waals surface area contributed by atoms with E-state index in [9.17, 15) is 9.59 Å². The summed E-state index contributed by atoms with van der Waals surface area (Å²) in [6, 6.07) is 10.1. The van der Waals surface area contributed by atoms with E-state index in [0.29, 0.717) is 31.7 Å². The Kier molecular flexibility index (Phi) is 5.82. The predicted octanol–water partition coefficient (Wildman–Crippen LogP) is 4.17. The molecule has 0 aliphatic rings. The summed E-state index contributed by atoms with van der Waals surface area (Å²) in [5.74, 6) is 0.544. The van der Waals surface area contributed by atoms with Crippen LogP contribution < -0.4 is 16.0 Å². The third kappa shape index (κ3) is 4.14. The van der Waals surface area contributed by atoms with Crippen LogP contribution in [0.2, 0.25) is 5.02 Å². The van der Waals surface area contributed by atoms with Crippen LogP contribution in [0.4, 0.5) is 0 Å². The normalized spacial score (nSPS) is 12.6. The molecule has 0 saturated carbocycles. The maximum atomic E-state index is 12.6. The molecule has 0 amide bonds. The van der Waals surface area contributed by atoms with Gasteiger partial charge in [0.2, 0.25) is 0 Å². The summed E-state index contributed by atoms with van der Waals surface area (Å²) in [7, 11) is 0. The van der Waals surface area contributed by atoms with Crippen molar-refractivity contribution in [3.05, 3.63) is 72.3 Å². The average molecular weight is 451 g/mol. The number of halogens is 2. The van der Waals surface area contributed by atoms with E-state index >= 15 is 0 Å². The molecule has 140 valence electrons. The Morgan fingerprint density at radius 3 is 2.81 bits per heavy atom. The van der Waals surface area contributed by atoms with Gasteiger partial charge in [-0.1, -0.05) is 30.7 Å². The lowest BCUT2D eigenvalue weighted by molar-refractivity contribution is 0.215. The highest BCUT2D eigenvalue weighted by atomic mass is 79.9. The number of rotatable bonds is 5. The Bertz CT molecular complexity index is 1140. The minimum atomic E-state index is -0.625. The quantitative estimate of drug-likeness (QED) is 0.593. The van der Waals surface area contributed by atoms with E-state index in [-0.39, 0.29) is 6.10 Å². The number of fused-ring (bicyclic) bond motifs is 1. The molecule has 0 spiro atoms. The van der Waals surface area contributed by atoms with Crippen molar-refractivity contribution in [1.29, 1.82) is 0 Å². The van der Waals surface area contributed by atoms with Crippen molar-refractivity contribution in [2.45, 2.75) is 26.4 Å².